The monoisotopic (exact) mass is 390 g/mol. The van der Waals surface area contributed by atoms with E-state index >= 15 is 0 Å². The van der Waals surface area contributed by atoms with Gasteiger partial charge in [0.2, 0.25) is 0 Å². The van der Waals surface area contributed by atoms with E-state index in [9.17, 15) is 0 Å². The van der Waals surface area contributed by atoms with Crippen molar-refractivity contribution >= 4 is 8.32 Å². The second kappa shape index (κ2) is 9.01. The Hall–Kier alpha value is -0.983. The largest absolute Gasteiger partial charge is 0.408 e. The minimum atomic E-state index is -1.80. The Bertz CT molecular complexity index is 595. The zero-order chi connectivity index (χ0) is 19.4. The maximum absolute atomic E-state index is 6.92. The average molecular weight is 391 g/mol. The zero-order valence-corrected chi connectivity index (χ0v) is 18.1. The Morgan fingerprint density at radius 1 is 1.15 bits per heavy atom. The summed E-state index contributed by atoms with van der Waals surface area (Å²) in [6.07, 6.45) is 1.31. The fourth-order valence-corrected chi connectivity index (χ4v) is 7.03. The van der Waals surface area contributed by atoms with Crippen LogP contribution < -0.4 is 0 Å². The van der Waals surface area contributed by atoms with Crippen LogP contribution in [0.1, 0.15) is 39.5 Å². The highest BCUT2D eigenvalue weighted by Gasteiger charge is 2.53. The summed E-state index contributed by atoms with van der Waals surface area (Å²) in [5, 5.41) is 0. The number of hydrogen-bond donors (Lipinski definition) is 0. The van der Waals surface area contributed by atoms with E-state index in [4.69, 9.17) is 18.6 Å². The lowest BCUT2D eigenvalue weighted by atomic mass is 9.97. The summed E-state index contributed by atoms with van der Waals surface area (Å²) in [6, 6.07) is 13.5. The van der Waals surface area contributed by atoms with Crippen molar-refractivity contribution in [3.63, 3.8) is 0 Å². The summed E-state index contributed by atoms with van der Waals surface area (Å²) in [5.74, 6) is 0.205. The minimum absolute atomic E-state index is 0.0350. The maximum atomic E-state index is 6.92. The van der Waals surface area contributed by atoms with E-state index in [0.717, 1.165) is 23.7 Å². The molecule has 5 heteroatoms. The normalized spacial score (nSPS) is 32.1. The molecule has 2 fully saturated rings. The second-order valence-electron chi connectivity index (χ2n) is 7.74. The van der Waals surface area contributed by atoms with Crippen molar-refractivity contribution in [2.75, 3.05) is 6.61 Å². The van der Waals surface area contributed by atoms with E-state index in [0.29, 0.717) is 6.61 Å². The van der Waals surface area contributed by atoms with E-state index in [1.165, 1.54) is 0 Å². The number of fused-ring (bicyclic) bond motifs is 1. The number of rotatable bonds is 8. The third-order valence-electron chi connectivity index (χ3n) is 6.32. The highest BCUT2D eigenvalue weighted by molar-refractivity contribution is 6.73. The van der Waals surface area contributed by atoms with Gasteiger partial charge in [-0.2, -0.15) is 0 Å². The van der Waals surface area contributed by atoms with Gasteiger partial charge in [0.15, 0.2) is 14.6 Å². The zero-order valence-electron chi connectivity index (χ0n) is 17.1. The summed E-state index contributed by atoms with van der Waals surface area (Å²) in [6.45, 7) is 13.4. The molecule has 2 saturated heterocycles. The Kier molecular flexibility index (Phi) is 6.92. The molecule has 0 unspecified atom stereocenters. The molecule has 2 heterocycles. The molecule has 0 bridgehead atoms. The lowest BCUT2D eigenvalue weighted by molar-refractivity contribution is -0.251. The van der Waals surface area contributed by atoms with Crippen LogP contribution in [0.4, 0.5) is 0 Å². The molecule has 1 aromatic carbocycles. The Balaban J connectivity index is 1.85. The molecule has 150 valence electrons. The minimum Gasteiger partial charge on any atom is -0.408 e. The van der Waals surface area contributed by atoms with Crippen molar-refractivity contribution in [3.8, 4) is 0 Å². The average Bonchev–Trinajstić information content (AvgIpc) is 3.09. The van der Waals surface area contributed by atoms with Gasteiger partial charge in [-0.05, 0) is 18.1 Å². The van der Waals surface area contributed by atoms with Gasteiger partial charge in [0, 0.05) is 11.5 Å². The fourth-order valence-electron chi connectivity index (χ4n) is 4.18. The quantitative estimate of drug-likeness (QED) is 0.458. The van der Waals surface area contributed by atoms with E-state index in [1.54, 1.807) is 0 Å². The molecule has 0 aliphatic carbocycles. The molecule has 0 radical (unpaired) electrons. The van der Waals surface area contributed by atoms with E-state index < -0.39 is 8.32 Å². The molecule has 2 aliphatic rings. The number of benzene rings is 1. The van der Waals surface area contributed by atoms with Crippen molar-refractivity contribution in [3.05, 3.63) is 48.6 Å². The van der Waals surface area contributed by atoms with Crippen LogP contribution in [0.3, 0.4) is 0 Å². The number of ether oxygens (including phenoxy) is 3. The van der Waals surface area contributed by atoms with Crippen LogP contribution in [0.5, 0.6) is 0 Å². The molecule has 0 spiro atoms. The van der Waals surface area contributed by atoms with Crippen LogP contribution in [0.15, 0.2) is 43.0 Å². The lowest BCUT2D eigenvalue weighted by Crippen LogP contribution is -2.50. The Morgan fingerprint density at radius 3 is 2.41 bits per heavy atom. The summed E-state index contributed by atoms with van der Waals surface area (Å²) >= 11 is 0. The van der Waals surface area contributed by atoms with Gasteiger partial charge in [-0.1, -0.05) is 64.1 Å². The topological polar surface area (TPSA) is 36.9 Å². The van der Waals surface area contributed by atoms with Crippen LogP contribution in [0.2, 0.25) is 18.1 Å². The van der Waals surface area contributed by atoms with Crippen LogP contribution in [-0.4, -0.2) is 39.3 Å². The maximum Gasteiger partial charge on any atom is 0.192 e. The third-order valence-corrected chi connectivity index (χ3v) is 11.0. The molecule has 0 aromatic heterocycles. The van der Waals surface area contributed by atoms with Crippen LogP contribution >= 0.6 is 0 Å². The molecule has 0 saturated carbocycles. The Labute approximate surface area is 165 Å². The first kappa shape index (κ1) is 20.7. The third kappa shape index (κ3) is 4.22. The predicted molar refractivity (Wildman–Crippen MR) is 110 cm³/mol. The molecule has 0 N–H and O–H groups in total. The van der Waals surface area contributed by atoms with Crippen molar-refractivity contribution in [1.82, 2.24) is 0 Å². The fraction of sp³-hybridized carbons (Fsp3) is 0.636. The molecule has 0 amide bonds. The molecule has 3 rings (SSSR count). The molecule has 4 nitrogen and oxygen atoms in total. The second-order valence-corrected chi connectivity index (χ2v) is 12.5. The molecule has 27 heavy (non-hydrogen) atoms. The SMILES string of the molecule is C=C[C@@H](C)[C@H]1O[C@H]2CO[C@@H](c3ccccc3)O[C@H]2[C@H]1O[Si](CC)(CC)CC. The summed E-state index contributed by atoms with van der Waals surface area (Å²) in [4.78, 5) is 0. The van der Waals surface area contributed by atoms with E-state index in [-0.39, 0.29) is 36.6 Å². The molecule has 6 atom stereocenters. The van der Waals surface area contributed by atoms with Gasteiger partial charge in [-0.15, -0.1) is 6.58 Å². The van der Waals surface area contributed by atoms with Crippen molar-refractivity contribution in [1.29, 1.82) is 0 Å². The first-order valence-electron chi connectivity index (χ1n) is 10.3. The first-order chi connectivity index (χ1) is 13.1. The molecular formula is C22H34O4Si. The van der Waals surface area contributed by atoms with Gasteiger partial charge in [0.1, 0.15) is 18.3 Å². The van der Waals surface area contributed by atoms with Gasteiger partial charge in [0.05, 0.1) is 12.7 Å². The highest BCUT2D eigenvalue weighted by atomic mass is 28.4. The first-order valence-corrected chi connectivity index (χ1v) is 12.9. The van der Waals surface area contributed by atoms with E-state index in [2.05, 4.69) is 34.3 Å². The van der Waals surface area contributed by atoms with Crippen LogP contribution in [0, 0.1) is 5.92 Å². The van der Waals surface area contributed by atoms with Crippen molar-refractivity contribution < 1.29 is 18.6 Å². The number of hydrogen-bond acceptors (Lipinski definition) is 4. The lowest BCUT2D eigenvalue weighted by Gasteiger charge is -2.39. The van der Waals surface area contributed by atoms with Crippen molar-refractivity contribution in [2.45, 2.75) is 76.5 Å². The van der Waals surface area contributed by atoms with Crippen LogP contribution in [0.25, 0.3) is 0 Å². The summed E-state index contributed by atoms with van der Waals surface area (Å²) in [5.41, 5.74) is 1.04. The highest BCUT2D eigenvalue weighted by Crippen LogP contribution is 2.40. The molecule has 1 aromatic rings. The standard InChI is InChI=1S/C22H34O4Si/c1-6-16(5)19-21(26-27(7-2,8-3)9-4)20-18(24-19)15-23-22(25-20)17-13-11-10-12-14-17/h6,10-14,16,18-22H,1,7-9,15H2,2-5H3/t16-,18+,19-,20-,21+,22-/m1/s1. The predicted octanol–water partition coefficient (Wildman–Crippen LogP) is 5.08. The van der Waals surface area contributed by atoms with Gasteiger partial charge in [-0.3, -0.25) is 0 Å². The van der Waals surface area contributed by atoms with E-state index in [1.807, 2.05) is 36.4 Å². The van der Waals surface area contributed by atoms with Gasteiger partial charge < -0.3 is 18.6 Å². The molecule has 2 aliphatic heterocycles. The van der Waals surface area contributed by atoms with Crippen molar-refractivity contribution in [2.24, 2.45) is 5.92 Å². The smallest absolute Gasteiger partial charge is 0.192 e. The summed E-state index contributed by atoms with van der Waals surface area (Å²) in [7, 11) is -1.80. The Morgan fingerprint density at radius 2 is 1.81 bits per heavy atom. The van der Waals surface area contributed by atoms with Gasteiger partial charge in [0.25, 0.3) is 0 Å². The summed E-state index contributed by atoms with van der Waals surface area (Å²) < 4.78 is 25.7. The molecular weight excluding hydrogens is 356 g/mol. The van der Waals surface area contributed by atoms with Crippen LogP contribution in [-0.2, 0) is 18.6 Å². The van der Waals surface area contributed by atoms with Gasteiger partial charge >= 0.3 is 0 Å². The van der Waals surface area contributed by atoms with Gasteiger partial charge in [-0.25, -0.2) is 0 Å².